The van der Waals surface area contributed by atoms with Crippen LogP contribution in [0.1, 0.15) is 21.1 Å². The molecular weight excluding hydrogens is 316 g/mol. The smallest absolute Gasteiger partial charge is 0.271 e. The van der Waals surface area contributed by atoms with Gasteiger partial charge < -0.3 is 11.1 Å². The number of anilines is 1. The molecule has 0 aliphatic heterocycles. The molecule has 1 amide bonds. The molecule has 0 aliphatic rings. The Bertz CT molecular complexity index is 717. The van der Waals surface area contributed by atoms with Gasteiger partial charge in [0.15, 0.2) is 0 Å². The normalized spacial score (nSPS) is 10.4. The van der Waals surface area contributed by atoms with Gasteiger partial charge in [0.25, 0.3) is 11.6 Å². The van der Waals surface area contributed by atoms with Crippen LogP contribution in [0, 0.1) is 17.0 Å². The van der Waals surface area contributed by atoms with Crippen molar-refractivity contribution in [2.24, 2.45) is 0 Å². The average Bonchev–Trinajstić information content (AvgIpc) is 2.84. The third-order valence-corrected chi connectivity index (χ3v) is 3.92. The van der Waals surface area contributed by atoms with Crippen molar-refractivity contribution in [3.05, 3.63) is 48.9 Å². The lowest BCUT2D eigenvalue weighted by atomic mass is 10.1. The van der Waals surface area contributed by atoms with Crippen LogP contribution >= 0.6 is 22.9 Å². The molecule has 1 aromatic carbocycles. The van der Waals surface area contributed by atoms with Crippen molar-refractivity contribution >= 4 is 40.2 Å². The van der Waals surface area contributed by atoms with Gasteiger partial charge >= 0.3 is 0 Å². The van der Waals surface area contributed by atoms with Crippen molar-refractivity contribution in [2.75, 3.05) is 5.73 Å². The summed E-state index contributed by atoms with van der Waals surface area (Å²) in [6.07, 6.45) is 0. The molecular formula is C12H11ClN4O3S. The van der Waals surface area contributed by atoms with Gasteiger partial charge in [-0.3, -0.25) is 14.9 Å². The van der Waals surface area contributed by atoms with Crippen LogP contribution in [0.25, 0.3) is 0 Å². The number of carbonyl (C=O) groups is 1. The van der Waals surface area contributed by atoms with Gasteiger partial charge in [0, 0.05) is 23.2 Å². The van der Waals surface area contributed by atoms with Gasteiger partial charge in [-0.15, -0.1) is 11.3 Å². The van der Waals surface area contributed by atoms with Crippen molar-refractivity contribution < 1.29 is 9.72 Å². The molecule has 0 spiro atoms. The minimum atomic E-state index is -0.633. The Balaban J connectivity index is 2.20. The molecule has 0 bridgehead atoms. The van der Waals surface area contributed by atoms with E-state index in [0.29, 0.717) is 0 Å². The number of nitro groups is 1. The fourth-order valence-corrected chi connectivity index (χ4v) is 2.56. The zero-order valence-corrected chi connectivity index (χ0v) is 12.5. The van der Waals surface area contributed by atoms with Crippen LogP contribution in [-0.4, -0.2) is 15.8 Å². The first-order valence-corrected chi connectivity index (χ1v) is 7.07. The first kappa shape index (κ1) is 15.2. The van der Waals surface area contributed by atoms with Gasteiger partial charge in [-0.05, 0) is 6.92 Å². The van der Waals surface area contributed by atoms with Crippen LogP contribution in [-0.2, 0) is 6.54 Å². The standard InChI is InChI=1S/C12H11ClN4O3S/c1-6-5-21-10(16-6)4-15-12(18)8-2-7(17(19)20)3-9(13)11(8)14/h2-3,5H,4,14H2,1H3,(H,15,18). The van der Waals surface area contributed by atoms with Gasteiger partial charge in [0.2, 0.25) is 0 Å². The van der Waals surface area contributed by atoms with E-state index in [2.05, 4.69) is 10.3 Å². The Morgan fingerprint density at radius 1 is 1.57 bits per heavy atom. The summed E-state index contributed by atoms with van der Waals surface area (Å²) in [5.74, 6) is -0.536. The fourth-order valence-electron chi connectivity index (χ4n) is 1.63. The largest absolute Gasteiger partial charge is 0.397 e. The number of nitrogens with two attached hydrogens (primary N) is 1. The molecule has 0 fully saturated rings. The second-order valence-electron chi connectivity index (χ2n) is 4.21. The molecule has 0 radical (unpaired) electrons. The number of rotatable bonds is 4. The summed E-state index contributed by atoms with van der Waals surface area (Å²) in [7, 11) is 0. The Kier molecular flexibility index (Phi) is 4.39. The quantitative estimate of drug-likeness (QED) is 0.509. The highest BCUT2D eigenvalue weighted by molar-refractivity contribution is 7.09. The van der Waals surface area contributed by atoms with E-state index in [4.69, 9.17) is 17.3 Å². The maximum Gasteiger partial charge on any atom is 0.271 e. The molecule has 9 heteroatoms. The van der Waals surface area contributed by atoms with Crippen LogP contribution in [0.15, 0.2) is 17.5 Å². The van der Waals surface area contributed by atoms with E-state index in [9.17, 15) is 14.9 Å². The maximum absolute atomic E-state index is 12.1. The number of benzene rings is 1. The van der Waals surface area contributed by atoms with Crippen LogP contribution in [0.5, 0.6) is 0 Å². The van der Waals surface area contributed by atoms with Crippen molar-refractivity contribution in [3.63, 3.8) is 0 Å². The third kappa shape index (κ3) is 3.47. The van der Waals surface area contributed by atoms with Crippen LogP contribution in [0.4, 0.5) is 11.4 Å². The number of thiazole rings is 1. The molecule has 2 aromatic rings. The summed E-state index contributed by atoms with van der Waals surface area (Å²) in [6, 6.07) is 2.21. The molecule has 2 rings (SSSR count). The molecule has 21 heavy (non-hydrogen) atoms. The molecule has 0 unspecified atom stereocenters. The van der Waals surface area contributed by atoms with Gasteiger partial charge in [0.05, 0.1) is 27.7 Å². The molecule has 110 valence electrons. The molecule has 0 saturated carbocycles. The lowest BCUT2D eigenvalue weighted by Gasteiger charge is -2.07. The predicted octanol–water partition coefficient (Wildman–Crippen LogP) is 2.53. The lowest BCUT2D eigenvalue weighted by molar-refractivity contribution is -0.384. The van der Waals surface area contributed by atoms with Crippen molar-refractivity contribution in [1.82, 2.24) is 10.3 Å². The van der Waals surface area contributed by atoms with Crippen molar-refractivity contribution in [3.8, 4) is 0 Å². The average molecular weight is 327 g/mol. The summed E-state index contributed by atoms with van der Waals surface area (Å²) < 4.78 is 0. The molecule has 7 nitrogen and oxygen atoms in total. The Morgan fingerprint density at radius 2 is 2.29 bits per heavy atom. The highest BCUT2D eigenvalue weighted by Gasteiger charge is 2.18. The Morgan fingerprint density at radius 3 is 2.86 bits per heavy atom. The number of hydrogen-bond donors (Lipinski definition) is 2. The van der Waals surface area contributed by atoms with Gasteiger partial charge in [0.1, 0.15) is 5.01 Å². The van der Waals surface area contributed by atoms with Crippen molar-refractivity contribution in [2.45, 2.75) is 13.5 Å². The maximum atomic E-state index is 12.1. The van der Waals surface area contributed by atoms with E-state index in [-0.39, 0.29) is 28.5 Å². The number of non-ortho nitro benzene ring substituents is 1. The number of nitrogens with zero attached hydrogens (tertiary/aromatic N) is 2. The van der Waals surface area contributed by atoms with E-state index in [1.165, 1.54) is 11.3 Å². The first-order chi connectivity index (χ1) is 9.88. The number of aryl methyl sites for hydroxylation is 1. The SMILES string of the molecule is Cc1csc(CNC(=O)c2cc([N+](=O)[O-])cc(Cl)c2N)n1. The van der Waals surface area contributed by atoms with Crippen molar-refractivity contribution in [1.29, 1.82) is 0 Å². The molecule has 0 saturated heterocycles. The van der Waals surface area contributed by atoms with Gasteiger partial charge in [-0.1, -0.05) is 11.6 Å². The number of carbonyl (C=O) groups excluding carboxylic acids is 1. The minimum absolute atomic E-state index is 0.00934. The molecule has 0 atom stereocenters. The van der Waals surface area contributed by atoms with E-state index in [1.54, 1.807) is 0 Å². The topological polar surface area (TPSA) is 111 Å². The summed E-state index contributed by atoms with van der Waals surface area (Å²) in [4.78, 5) is 26.4. The number of halogens is 1. The molecule has 3 N–H and O–H groups in total. The second-order valence-corrected chi connectivity index (χ2v) is 5.56. The van der Waals surface area contributed by atoms with E-state index in [0.717, 1.165) is 22.8 Å². The zero-order valence-electron chi connectivity index (χ0n) is 10.9. The van der Waals surface area contributed by atoms with Crippen LogP contribution in [0.3, 0.4) is 0 Å². The highest BCUT2D eigenvalue weighted by atomic mass is 35.5. The second kappa shape index (κ2) is 6.06. The minimum Gasteiger partial charge on any atom is -0.397 e. The predicted molar refractivity (Wildman–Crippen MR) is 80.5 cm³/mol. The summed E-state index contributed by atoms with van der Waals surface area (Å²) in [5, 5.41) is 16.0. The van der Waals surface area contributed by atoms with Gasteiger partial charge in [-0.25, -0.2) is 4.98 Å². The lowest BCUT2D eigenvalue weighted by Crippen LogP contribution is -2.24. The number of nitrogens with one attached hydrogen (secondary N) is 1. The summed E-state index contributed by atoms with van der Waals surface area (Å²) >= 11 is 7.22. The highest BCUT2D eigenvalue weighted by Crippen LogP contribution is 2.28. The van der Waals surface area contributed by atoms with Crippen LogP contribution < -0.4 is 11.1 Å². The van der Waals surface area contributed by atoms with E-state index in [1.807, 2.05) is 12.3 Å². The number of amides is 1. The van der Waals surface area contributed by atoms with Crippen LogP contribution in [0.2, 0.25) is 5.02 Å². The number of aromatic nitrogens is 1. The molecule has 1 heterocycles. The third-order valence-electron chi connectivity index (χ3n) is 2.64. The number of hydrogen-bond acceptors (Lipinski definition) is 6. The summed E-state index contributed by atoms with van der Waals surface area (Å²) in [5.41, 5.74) is 6.26. The fraction of sp³-hybridized carbons (Fsp3) is 0.167. The monoisotopic (exact) mass is 326 g/mol. The molecule has 1 aromatic heterocycles. The zero-order chi connectivity index (χ0) is 15.6. The Hall–Kier alpha value is -2.19. The number of nitrogen functional groups attached to an aromatic ring is 1. The summed E-state index contributed by atoms with van der Waals surface area (Å²) in [6.45, 7) is 2.07. The van der Waals surface area contributed by atoms with E-state index >= 15 is 0 Å². The molecule has 0 aliphatic carbocycles. The Labute approximate surface area is 128 Å². The van der Waals surface area contributed by atoms with E-state index < -0.39 is 10.8 Å². The van der Waals surface area contributed by atoms with Gasteiger partial charge in [-0.2, -0.15) is 0 Å². The number of nitro benzene ring substituents is 1. The first-order valence-electron chi connectivity index (χ1n) is 5.81.